The maximum absolute atomic E-state index is 10.5. The third-order valence-electron chi connectivity index (χ3n) is 1.69. The number of nitrogens with one attached hydrogen (secondary N) is 1. The van der Waals surface area contributed by atoms with Crippen LogP contribution in [0.15, 0.2) is 0 Å². The first kappa shape index (κ1) is 10.9. The summed E-state index contributed by atoms with van der Waals surface area (Å²) in [7, 11) is 0. The van der Waals surface area contributed by atoms with Gasteiger partial charge in [0.1, 0.15) is 0 Å². The summed E-state index contributed by atoms with van der Waals surface area (Å²) >= 11 is 0. The molecule has 0 saturated heterocycles. The molecule has 0 heterocycles. The van der Waals surface area contributed by atoms with Gasteiger partial charge in [-0.2, -0.15) is 0 Å². The van der Waals surface area contributed by atoms with Crippen molar-refractivity contribution in [2.45, 2.75) is 26.2 Å². The highest BCUT2D eigenvalue weighted by Gasteiger charge is 2.15. The first-order chi connectivity index (χ1) is 5.61. The molecule has 5 heteroatoms. The molecule has 1 atom stereocenters. The van der Waals surface area contributed by atoms with Gasteiger partial charge in [-0.15, -0.1) is 0 Å². The molecule has 0 fully saturated rings. The van der Waals surface area contributed by atoms with Crippen LogP contribution < -0.4 is 5.48 Å². The second-order valence-corrected chi connectivity index (χ2v) is 2.52. The molecular weight excluding hydrogens is 162 g/mol. The first-order valence-corrected chi connectivity index (χ1v) is 3.77. The van der Waals surface area contributed by atoms with Gasteiger partial charge in [-0.3, -0.25) is 14.8 Å². The molecule has 0 radical (unpaired) electrons. The zero-order valence-electron chi connectivity index (χ0n) is 6.91. The largest absolute Gasteiger partial charge is 0.481 e. The van der Waals surface area contributed by atoms with Gasteiger partial charge in [0.2, 0.25) is 5.91 Å². The molecule has 1 unspecified atom stereocenters. The molecule has 0 rings (SSSR count). The highest BCUT2D eigenvalue weighted by Crippen LogP contribution is 2.10. The lowest BCUT2D eigenvalue weighted by Gasteiger charge is -2.07. The lowest BCUT2D eigenvalue weighted by atomic mass is 10.0. The molecule has 12 heavy (non-hydrogen) atoms. The molecule has 0 aromatic rings. The fourth-order valence-electron chi connectivity index (χ4n) is 0.863. The number of carbonyl (C=O) groups excluding carboxylic acids is 1. The van der Waals surface area contributed by atoms with Gasteiger partial charge in [0.05, 0.1) is 5.92 Å². The van der Waals surface area contributed by atoms with Crippen LogP contribution in [0.3, 0.4) is 0 Å². The highest BCUT2D eigenvalue weighted by atomic mass is 16.5. The quantitative estimate of drug-likeness (QED) is 0.416. The molecule has 0 aliphatic heterocycles. The zero-order chi connectivity index (χ0) is 9.56. The number of aliphatic carboxylic acids is 1. The molecular formula is C7H13NO4. The van der Waals surface area contributed by atoms with Crippen LogP contribution in [0.2, 0.25) is 0 Å². The van der Waals surface area contributed by atoms with Crippen molar-refractivity contribution < 1.29 is 19.9 Å². The van der Waals surface area contributed by atoms with E-state index in [4.69, 9.17) is 10.3 Å². The Bertz CT molecular complexity index is 169. The van der Waals surface area contributed by atoms with Gasteiger partial charge < -0.3 is 5.11 Å². The van der Waals surface area contributed by atoms with E-state index in [2.05, 4.69) is 0 Å². The predicted octanol–water partition coefficient (Wildman–Crippen LogP) is 0.383. The zero-order valence-corrected chi connectivity index (χ0v) is 6.91. The number of amides is 1. The van der Waals surface area contributed by atoms with Crippen LogP contribution in [0.1, 0.15) is 26.2 Å². The third-order valence-corrected chi connectivity index (χ3v) is 1.69. The topological polar surface area (TPSA) is 86.6 Å². The van der Waals surface area contributed by atoms with Crippen molar-refractivity contribution in [3.63, 3.8) is 0 Å². The minimum Gasteiger partial charge on any atom is -0.481 e. The Balaban J connectivity index is 3.73. The molecule has 5 nitrogen and oxygen atoms in total. The van der Waals surface area contributed by atoms with Gasteiger partial charge >= 0.3 is 5.97 Å². The Morgan fingerprint density at radius 1 is 1.50 bits per heavy atom. The summed E-state index contributed by atoms with van der Waals surface area (Å²) < 4.78 is 0. The van der Waals surface area contributed by atoms with E-state index in [1.165, 1.54) is 5.48 Å². The summed E-state index contributed by atoms with van der Waals surface area (Å²) in [5.74, 6) is -1.94. The van der Waals surface area contributed by atoms with Crippen molar-refractivity contribution in [2.24, 2.45) is 5.92 Å². The molecule has 0 aromatic heterocycles. The van der Waals surface area contributed by atoms with E-state index < -0.39 is 17.8 Å². The van der Waals surface area contributed by atoms with E-state index in [9.17, 15) is 9.59 Å². The molecule has 0 aliphatic carbocycles. The van der Waals surface area contributed by atoms with Gasteiger partial charge in [-0.25, -0.2) is 5.48 Å². The fraction of sp³-hybridized carbons (Fsp3) is 0.714. The van der Waals surface area contributed by atoms with E-state index in [0.717, 1.165) is 0 Å². The second-order valence-electron chi connectivity index (χ2n) is 2.52. The lowest BCUT2D eigenvalue weighted by Crippen LogP contribution is -2.21. The Hall–Kier alpha value is -1.10. The minimum atomic E-state index is -0.900. The average molecular weight is 175 g/mol. The maximum atomic E-state index is 10.5. The number of hydrogen-bond acceptors (Lipinski definition) is 3. The first-order valence-electron chi connectivity index (χ1n) is 3.77. The van der Waals surface area contributed by atoms with Crippen LogP contribution >= 0.6 is 0 Å². The Morgan fingerprint density at radius 2 is 2.08 bits per heavy atom. The third kappa shape index (κ3) is 3.92. The molecule has 0 saturated carbocycles. The van der Waals surface area contributed by atoms with Crippen molar-refractivity contribution in [3.05, 3.63) is 0 Å². The Morgan fingerprint density at radius 3 is 2.42 bits per heavy atom. The molecule has 0 bridgehead atoms. The van der Waals surface area contributed by atoms with E-state index in [1.54, 1.807) is 6.92 Å². The summed E-state index contributed by atoms with van der Waals surface area (Å²) in [5.41, 5.74) is 1.45. The summed E-state index contributed by atoms with van der Waals surface area (Å²) in [6.45, 7) is 1.75. The van der Waals surface area contributed by atoms with E-state index in [0.29, 0.717) is 6.42 Å². The minimum absolute atomic E-state index is 0.0430. The van der Waals surface area contributed by atoms with Crippen LogP contribution in [0.25, 0.3) is 0 Å². The van der Waals surface area contributed by atoms with Crippen molar-refractivity contribution in [3.8, 4) is 0 Å². The number of rotatable bonds is 5. The van der Waals surface area contributed by atoms with Crippen LogP contribution in [0.5, 0.6) is 0 Å². The lowest BCUT2D eigenvalue weighted by molar-refractivity contribution is -0.142. The molecule has 1 amide bonds. The summed E-state index contributed by atoms with van der Waals surface area (Å²) in [4.78, 5) is 20.9. The average Bonchev–Trinajstić information content (AvgIpc) is 2.04. The van der Waals surface area contributed by atoms with Crippen molar-refractivity contribution in [1.82, 2.24) is 5.48 Å². The van der Waals surface area contributed by atoms with Crippen LogP contribution in [0, 0.1) is 5.92 Å². The van der Waals surface area contributed by atoms with Gasteiger partial charge in [0.25, 0.3) is 0 Å². The maximum Gasteiger partial charge on any atom is 0.306 e. The Kier molecular flexibility index (Phi) is 5.03. The van der Waals surface area contributed by atoms with E-state index in [-0.39, 0.29) is 12.8 Å². The molecule has 3 N–H and O–H groups in total. The number of carboxylic acids is 1. The molecule has 0 spiro atoms. The van der Waals surface area contributed by atoms with Crippen molar-refractivity contribution >= 4 is 11.9 Å². The monoisotopic (exact) mass is 175 g/mol. The summed E-state index contributed by atoms with van der Waals surface area (Å²) in [6.07, 6.45) is 0.799. The standard InChI is InChI=1S/C7H13NO4/c1-2-5(7(10)11)3-4-6(9)8-12/h5,12H,2-4H2,1H3,(H,8,9)(H,10,11). The smallest absolute Gasteiger partial charge is 0.306 e. The highest BCUT2D eigenvalue weighted by molar-refractivity contribution is 5.76. The predicted molar refractivity (Wildman–Crippen MR) is 40.6 cm³/mol. The van der Waals surface area contributed by atoms with Gasteiger partial charge in [0.15, 0.2) is 0 Å². The normalized spacial score (nSPS) is 12.2. The number of carbonyl (C=O) groups is 2. The van der Waals surface area contributed by atoms with Gasteiger partial charge in [-0.05, 0) is 12.8 Å². The fourth-order valence-corrected chi connectivity index (χ4v) is 0.863. The van der Waals surface area contributed by atoms with Gasteiger partial charge in [0, 0.05) is 6.42 Å². The van der Waals surface area contributed by atoms with Crippen LogP contribution in [0.4, 0.5) is 0 Å². The summed E-state index contributed by atoms with van der Waals surface area (Å²) in [5, 5.41) is 16.7. The SMILES string of the molecule is CCC(CCC(=O)NO)C(=O)O. The van der Waals surface area contributed by atoms with E-state index in [1.807, 2.05) is 0 Å². The Labute approximate surface area is 70.3 Å². The van der Waals surface area contributed by atoms with Gasteiger partial charge in [-0.1, -0.05) is 6.92 Å². The van der Waals surface area contributed by atoms with Crippen LogP contribution in [-0.4, -0.2) is 22.2 Å². The molecule has 0 aliphatic rings. The number of hydrogen-bond donors (Lipinski definition) is 3. The molecule has 70 valence electrons. The van der Waals surface area contributed by atoms with Crippen molar-refractivity contribution in [2.75, 3.05) is 0 Å². The van der Waals surface area contributed by atoms with Crippen LogP contribution in [-0.2, 0) is 9.59 Å². The van der Waals surface area contributed by atoms with Crippen molar-refractivity contribution in [1.29, 1.82) is 0 Å². The second kappa shape index (κ2) is 5.54. The number of carboxylic acid groups (broad SMARTS) is 1. The van der Waals surface area contributed by atoms with E-state index >= 15 is 0 Å². The number of hydroxylamine groups is 1. The molecule has 0 aromatic carbocycles. The summed E-state index contributed by atoms with van der Waals surface area (Å²) in [6, 6.07) is 0.